The van der Waals surface area contributed by atoms with Gasteiger partial charge in [0, 0.05) is 19.0 Å². The van der Waals surface area contributed by atoms with Crippen LogP contribution >= 0.6 is 0 Å². The summed E-state index contributed by atoms with van der Waals surface area (Å²) < 4.78 is 17.8. The minimum Gasteiger partial charge on any atom is -0.465 e. The standard InChI is InChI=1S/C15H18FNO3/c1-10(20-9-18)6-12-7-17-8-14(15(12)19)11-2-4-13(16)5-3-11/h2-5,9-10,12,14,17H,6-8H2,1H3. The molecule has 4 nitrogen and oxygen atoms in total. The first-order valence-electron chi connectivity index (χ1n) is 6.71. The number of hydrogen-bond donors (Lipinski definition) is 1. The van der Waals surface area contributed by atoms with Crippen molar-refractivity contribution in [3.63, 3.8) is 0 Å². The molecule has 1 aliphatic heterocycles. The van der Waals surface area contributed by atoms with Gasteiger partial charge in [-0.3, -0.25) is 9.59 Å². The molecule has 0 aromatic heterocycles. The van der Waals surface area contributed by atoms with Gasteiger partial charge in [0.2, 0.25) is 0 Å². The van der Waals surface area contributed by atoms with Crippen molar-refractivity contribution in [2.75, 3.05) is 13.1 Å². The Kier molecular flexibility index (Phi) is 4.84. The van der Waals surface area contributed by atoms with Gasteiger partial charge in [0.15, 0.2) is 0 Å². The molecule has 1 N–H and O–H groups in total. The number of carbonyl (C=O) groups excluding carboxylic acids is 2. The Morgan fingerprint density at radius 1 is 1.40 bits per heavy atom. The van der Waals surface area contributed by atoms with Gasteiger partial charge in [-0.15, -0.1) is 0 Å². The molecule has 1 saturated heterocycles. The molecule has 1 fully saturated rings. The van der Waals surface area contributed by atoms with Gasteiger partial charge >= 0.3 is 0 Å². The highest BCUT2D eigenvalue weighted by molar-refractivity contribution is 5.89. The first-order chi connectivity index (χ1) is 9.61. The van der Waals surface area contributed by atoms with Crippen LogP contribution in [-0.4, -0.2) is 31.4 Å². The van der Waals surface area contributed by atoms with Crippen LogP contribution in [0, 0.1) is 11.7 Å². The highest BCUT2D eigenvalue weighted by Crippen LogP contribution is 2.26. The minimum atomic E-state index is -0.311. The van der Waals surface area contributed by atoms with Gasteiger partial charge in [0.05, 0.1) is 12.0 Å². The molecule has 0 amide bonds. The fraction of sp³-hybridized carbons (Fsp3) is 0.467. The van der Waals surface area contributed by atoms with E-state index in [1.165, 1.54) is 12.1 Å². The summed E-state index contributed by atoms with van der Waals surface area (Å²) in [4.78, 5) is 22.8. The van der Waals surface area contributed by atoms with E-state index in [0.29, 0.717) is 26.0 Å². The summed E-state index contributed by atoms with van der Waals surface area (Å²) in [6.45, 7) is 3.32. The summed E-state index contributed by atoms with van der Waals surface area (Å²) in [5.74, 6) is -0.641. The van der Waals surface area contributed by atoms with E-state index >= 15 is 0 Å². The Hall–Kier alpha value is -1.75. The SMILES string of the molecule is CC(CC1CNCC(c2ccc(F)cc2)C1=O)OC=O. The Morgan fingerprint density at radius 3 is 2.75 bits per heavy atom. The lowest BCUT2D eigenvalue weighted by molar-refractivity contribution is -0.136. The summed E-state index contributed by atoms with van der Waals surface area (Å²) >= 11 is 0. The summed E-state index contributed by atoms with van der Waals surface area (Å²) in [5.41, 5.74) is 0.817. The van der Waals surface area contributed by atoms with Gasteiger partial charge in [-0.1, -0.05) is 12.1 Å². The van der Waals surface area contributed by atoms with Crippen LogP contribution in [0.4, 0.5) is 4.39 Å². The van der Waals surface area contributed by atoms with Crippen molar-refractivity contribution in [2.45, 2.75) is 25.4 Å². The first kappa shape index (κ1) is 14.7. The second-order valence-electron chi connectivity index (χ2n) is 5.14. The van der Waals surface area contributed by atoms with Crippen molar-refractivity contribution >= 4 is 12.3 Å². The van der Waals surface area contributed by atoms with Crippen LogP contribution in [0.15, 0.2) is 24.3 Å². The van der Waals surface area contributed by atoms with E-state index in [-0.39, 0.29) is 29.5 Å². The number of halogens is 1. The average Bonchev–Trinajstić information content (AvgIpc) is 2.43. The lowest BCUT2D eigenvalue weighted by Gasteiger charge is -2.30. The molecule has 0 saturated carbocycles. The van der Waals surface area contributed by atoms with Gasteiger partial charge in [0.1, 0.15) is 11.6 Å². The molecular weight excluding hydrogens is 261 g/mol. The molecule has 0 bridgehead atoms. The van der Waals surface area contributed by atoms with Crippen molar-refractivity contribution in [1.82, 2.24) is 5.32 Å². The fourth-order valence-electron chi connectivity index (χ4n) is 2.62. The Labute approximate surface area is 117 Å². The number of ether oxygens (including phenoxy) is 1. The number of piperidine rings is 1. The zero-order chi connectivity index (χ0) is 14.5. The van der Waals surface area contributed by atoms with Crippen LogP contribution in [0.25, 0.3) is 0 Å². The molecule has 108 valence electrons. The van der Waals surface area contributed by atoms with E-state index in [9.17, 15) is 14.0 Å². The molecule has 3 unspecified atom stereocenters. The highest BCUT2D eigenvalue weighted by atomic mass is 19.1. The van der Waals surface area contributed by atoms with Crippen LogP contribution in [0.1, 0.15) is 24.8 Å². The highest BCUT2D eigenvalue weighted by Gasteiger charge is 2.33. The van der Waals surface area contributed by atoms with Gasteiger partial charge < -0.3 is 10.1 Å². The van der Waals surface area contributed by atoms with Crippen molar-refractivity contribution in [3.05, 3.63) is 35.6 Å². The molecule has 1 aromatic carbocycles. The first-order valence-corrected chi connectivity index (χ1v) is 6.71. The quantitative estimate of drug-likeness (QED) is 0.833. The Bertz CT molecular complexity index is 475. The zero-order valence-corrected chi connectivity index (χ0v) is 11.3. The molecule has 1 aliphatic rings. The average molecular weight is 279 g/mol. The Morgan fingerprint density at radius 2 is 2.10 bits per heavy atom. The van der Waals surface area contributed by atoms with Gasteiger partial charge in [0.25, 0.3) is 6.47 Å². The molecule has 0 aliphatic carbocycles. The lowest BCUT2D eigenvalue weighted by Crippen LogP contribution is -2.43. The topological polar surface area (TPSA) is 55.4 Å². The second kappa shape index (κ2) is 6.61. The zero-order valence-electron chi connectivity index (χ0n) is 11.3. The lowest BCUT2D eigenvalue weighted by atomic mass is 9.82. The molecule has 5 heteroatoms. The van der Waals surface area contributed by atoms with Gasteiger partial charge in [-0.05, 0) is 31.0 Å². The summed E-state index contributed by atoms with van der Waals surface area (Å²) in [6.07, 6.45) is 0.220. The summed E-state index contributed by atoms with van der Waals surface area (Å²) in [7, 11) is 0. The van der Waals surface area contributed by atoms with Crippen LogP contribution < -0.4 is 5.32 Å². The van der Waals surface area contributed by atoms with Crippen molar-refractivity contribution < 1.29 is 18.7 Å². The summed E-state index contributed by atoms with van der Waals surface area (Å²) in [6, 6.07) is 6.02. The number of carbonyl (C=O) groups is 2. The van der Waals surface area contributed by atoms with Crippen molar-refractivity contribution in [1.29, 1.82) is 0 Å². The van der Waals surface area contributed by atoms with Crippen LogP contribution in [0.3, 0.4) is 0 Å². The van der Waals surface area contributed by atoms with E-state index in [4.69, 9.17) is 4.74 Å². The predicted octanol–water partition coefficient (Wildman–Crippen LogP) is 1.65. The van der Waals surface area contributed by atoms with Crippen LogP contribution in [0.2, 0.25) is 0 Å². The van der Waals surface area contributed by atoms with Crippen molar-refractivity contribution in [3.8, 4) is 0 Å². The number of Topliss-reactive ketones (excluding diaryl/α,β-unsaturated/α-hetero) is 1. The summed E-state index contributed by atoms with van der Waals surface area (Å²) in [5, 5.41) is 3.22. The number of nitrogens with one attached hydrogen (secondary N) is 1. The number of ketones is 1. The maximum atomic E-state index is 12.9. The third kappa shape index (κ3) is 3.42. The monoisotopic (exact) mass is 279 g/mol. The predicted molar refractivity (Wildman–Crippen MR) is 71.7 cm³/mol. The molecule has 1 heterocycles. The third-order valence-electron chi connectivity index (χ3n) is 3.66. The largest absolute Gasteiger partial charge is 0.465 e. The second-order valence-corrected chi connectivity index (χ2v) is 5.14. The molecular formula is C15H18FNO3. The molecule has 20 heavy (non-hydrogen) atoms. The van der Waals surface area contributed by atoms with Crippen LogP contribution in [-0.2, 0) is 14.3 Å². The van der Waals surface area contributed by atoms with Gasteiger partial charge in [-0.25, -0.2) is 4.39 Å². The molecule has 2 rings (SSSR count). The minimum absolute atomic E-state index is 0.122. The van der Waals surface area contributed by atoms with Crippen molar-refractivity contribution in [2.24, 2.45) is 5.92 Å². The van der Waals surface area contributed by atoms with E-state index < -0.39 is 0 Å². The van der Waals surface area contributed by atoms with Gasteiger partial charge in [-0.2, -0.15) is 0 Å². The number of hydrogen-bond acceptors (Lipinski definition) is 4. The smallest absolute Gasteiger partial charge is 0.293 e. The molecule has 3 atom stereocenters. The van der Waals surface area contributed by atoms with E-state index in [2.05, 4.69) is 5.32 Å². The molecule has 1 aromatic rings. The fourth-order valence-corrected chi connectivity index (χ4v) is 2.62. The van der Waals surface area contributed by atoms with E-state index in [0.717, 1.165) is 5.56 Å². The normalized spacial score (nSPS) is 24.2. The number of rotatable bonds is 5. The molecule has 0 spiro atoms. The molecule has 0 radical (unpaired) electrons. The van der Waals surface area contributed by atoms with Crippen LogP contribution in [0.5, 0.6) is 0 Å². The maximum Gasteiger partial charge on any atom is 0.293 e. The number of benzene rings is 1. The van der Waals surface area contributed by atoms with E-state index in [1.54, 1.807) is 19.1 Å². The third-order valence-corrected chi connectivity index (χ3v) is 3.66. The maximum absolute atomic E-state index is 12.9. The Balaban J connectivity index is 2.06. The van der Waals surface area contributed by atoms with E-state index in [1.807, 2.05) is 0 Å².